The summed E-state index contributed by atoms with van der Waals surface area (Å²) >= 11 is 0. The van der Waals surface area contributed by atoms with Crippen LogP contribution < -0.4 is 5.32 Å². The van der Waals surface area contributed by atoms with Gasteiger partial charge in [0, 0.05) is 55.1 Å². The minimum absolute atomic E-state index is 0.102. The number of carbonyl (C=O) groups is 1. The smallest absolute Gasteiger partial charge is 0.407 e. The van der Waals surface area contributed by atoms with Gasteiger partial charge in [-0.2, -0.15) is 0 Å². The first-order chi connectivity index (χ1) is 16.9. The molecular formula is C24H45NO10. The average Bonchev–Trinajstić information content (AvgIpc) is 2.86. The van der Waals surface area contributed by atoms with Gasteiger partial charge in [0.25, 0.3) is 0 Å². The third-order valence-electron chi connectivity index (χ3n) is 6.06. The van der Waals surface area contributed by atoms with Gasteiger partial charge in [-0.1, -0.05) is 19.1 Å². The predicted octanol–water partition coefficient (Wildman–Crippen LogP) is 1.43. The maximum absolute atomic E-state index is 12.6. The molecule has 1 amide bonds. The van der Waals surface area contributed by atoms with Crippen LogP contribution in [0.1, 0.15) is 13.8 Å². The maximum atomic E-state index is 12.6. The number of hydrogen-bond acceptors (Lipinski definition) is 10. The van der Waals surface area contributed by atoms with Crippen molar-refractivity contribution in [3.05, 3.63) is 12.2 Å². The number of nitrogens with one attached hydrogen (secondary N) is 1. The Balaban J connectivity index is 2.71. The van der Waals surface area contributed by atoms with Crippen LogP contribution in [0, 0.1) is 5.92 Å². The van der Waals surface area contributed by atoms with Gasteiger partial charge < -0.3 is 47.9 Å². The second kappa shape index (κ2) is 18.0. The van der Waals surface area contributed by atoms with Gasteiger partial charge >= 0.3 is 6.09 Å². The Bertz CT molecular complexity index is 593. The first-order valence-corrected chi connectivity index (χ1v) is 11.8. The minimum Gasteiger partial charge on any atom is -0.441 e. The standard InChI is InChI=1S/C24H45NO10/c1-16-14-34-17(2)21(20(16)30-6)35-24(26)25-13-18(28-4)22(31-7)23(32-8)19(29-5)15-33-12-10-9-11-27-3/h9-10,16-23H,11-15H2,1-8H3,(H,25,26)/b10-9+/t16-,17+,18-,19+,20+,21+,22+,23+/m0/s1. The summed E-state index contributed by atoms with van der Waals surface area (Å²) in [5.74, 6) is 0.102. The zero-order chi connectivity index (χ0) is 26.2. The van der Waals surface area contributed by atoms with Gasteiger partial charge in [-0.05, 0) is 6.92 Å². The van der Waals surface area contributed by atoms with Gasteiger partial charge in [0.05, 0.1) is 32.5 Å². The van der Waals surface area contributed by atoms with Gasteiger partial charge in [-0.15, -0.1) is 0 Å². The highest BCUT2D eigenvalue weighted by Crippen LogP contribution is 2.25. The normalized spacial score (nSPS) is 26.3. The number of amides is 1. The Morgan fingerprint density at radius 1 is 0.914 bits per heavy atom. The summed E-state index contributed by atoms with van der Waals surface area (Å²) in [5, 5.41) is 2.76. The summed E-state index contributed by atoms with van der Waals surface area (Å²) in [6.07, 6.45) is 0.0120. The van der Waals surface area contributed by atoms with Crippen molar-refractivity contribution in [2.24, 2.45) is 5.92 Å². The molecule has 0 aliphatic carbocycles. The molecule has 1 heterocycles. The molecule has 0 spiro atoms. The van der Waals surface area contributed by atoms with E-state index in [1.165, 1.54) is 7.11 Å². The molecule has 0 aromatic heterocycles. The molecule has 1 aliphatic rings. The molecule has 1 fully saturated rings. The fraction of sp³-hybridized carbons (Fsp3) is 0.875. The van der Waals surface area contributed by atoms with Gasteiger partial charge in [0.15, 0.2) is 6.10 Å². The van der Waals surface area contributed by atoms with E-state index in [9.17, 15) is 4.79 Å². The second-order valence-corrected chi connectivity index (χ2v) is 8.38. The first kappa shape index (κ1) is 31.7. The number of ether oxygens (including phenoxy) is 9. The van der Waals surface area contributed by atoms with Crippen LogP contribution in [0.15, 0.2) is 12.2 Å². The Labute approximate surface area is 209 Å². The largest absolute Gasteiger partial charge is 0.441 e. The molecule has 11 nitrogen and oxygen atoms in total. The lowest BCUT2D eigenvalue weighted by Crippen LogP contribution is -2.54. The van der Waals surface area contributed by atoms with Crippen LogP contribution in [0.25, 0.3) is 0 Å². The monoisotopic (exact) mass is 507 g/mol. The van der Waals surface area contributed by atoms with Crippen LogP contribution in [0.3, 0.4) is 0 Å². The van der Waals surface area contributed by atoms with E-state index in [4.69, 9.17) is 42.6 Å². The molecule has 0 bridgehead atoms. The van der Waals surface area contributed by atoms with Gasteiger partial charge in [0.2, 0.25) is 0 Å². The van der Waals surface area contributed by atoms with Crippen LogP contribution >= 0.6 is 0 Å². The fourth-order valence-corrected chi connectivity index (χ4v) is 4.07. The highest BCUT2D eigenvalue weighted by Gasteiger charge is 2.40. The number of carbonyl (C=O) groups excluding carboxylic acids is 1. The predicted molar refractivity (Wildman–Crippen MR) is 129 cm³/mol. The quantitative estimate of drug-likeness (QED) is 0.229. The van der Waals surface area contributed by atoms with E-state index in [1.807, 2.05) is 26.0 Å². The highest BCUT2D eigenvalue weighted by molar-refractivity contribution is 5.67. The summed E-state index contributed by atoms with van der Waals surface area (Å²) in [7, 11) is 9.46. The van der Waals surface area contributed by atoms with E-state index in [0.29, 0.717) is 19.8 Å². The Morgan fingerprint density at radius 2 is 1.54 bits per heavy atom. The van der Waals surface area contributed by atoms with Crippen LogP contribution in [0.2, 0.25) is 0 Å². The van der Waals surface area contributed by atoms with Crippen LogP contribution in [-0.4, -0.2) is 124 Å². The van der Waals surface area contributed by atoms with E-state index in [0.717, 1.165) is 0 Å². The molecule has 35 heavy (non-hydrogen) atoms. The third-order valence-corrected chi connectivity index (χ3v) is 6.06. The summed E-state index contributed by atoms with van der Waals surface area (Å²) in [4.78, 5) is 12.6. The molecule has 0 saturated carbocycles. The summed E-state index contributed by atoms with van der Waals surface area (Å²) in [5.41, 5.74) is 0. The average molecular weight is 508 g/mol. The summed E-state index contributed by atoms with van der Waals surface area (Å²) < 4.78 is 50.2. The second-order valence-electron chi connectivity index (χ2n) is 8.38. The zero-order valence-corrected chi connectivity index (χ0v) is 22.4. The van der Waals surface area contributed by atoms with Crippen molar-refractivity contribution in [3.63, 3.8) is 0 Å². The molecule has 11 heteroatoms. The molecule has 1 saturated heterocycles. The van der Waals surface area contributed by atoms with Crippen molar-refractivity contribution < 1.29 is 47.4 Å². The van der Waals surface area contributed by atoms with Crippen molar-refractivity contribution in [2.45, 2.75) is 56.6 Å². The van der Waals surface area contributed by atoms with Gasteiger partial charge in [-0.3, -0.25) is 0 Å². The summed E-state index contributed by atoms with van der Waals surface area (Å²) in [6.45, 7) is 5.73. The topological polar surface area (TPSA) is 112 Å². The Morgan fingerprint density at radius 3 is 2.11 bits per heavy atom. The number of alkyl carbamates (subject to hydrolysis) is 1. The Kier molecular flexibility index (Phi) is 16.3. The Hall–Kier alpha value is -1.31. The number of hydrogen-bond donors (Lipinski definition) is 1. The number of methoxy groups -OCH3 is 6. The van der Waals surface area contributed by atoms with Crippen molar-refractivity contribution in [3.8, 4) is 0 Å². The van der Waals surface area contributed by atoms with Crippen molar-refractivity contribution in [1.82, 2.24) is 5.32 Å². The lowest BCUT2D eigenvalue weighted by Gasteiger charge is -2.39. The van der Waals surface area contributed by atoms with Crippen LogP contribution in [0.4, 0.5) is 4.79 Å². The van der Waals surface area contributed by atoms with Gasteiger partial charge in [0.1, 0.15) is 30.5 Å². The van der Waals surface area contributed by atoms with Crippen LogP contribution in [0.5, 0.6) is 0 Å². The lowest BCUT2D eigenvalue weighted by molar-refractivity contribution is -0.166. The highest BCUT2D eigenvalue weighted by atomic mass is 16.6. The first-order valence-electron chi connectivity index (χ1n) is 11.8. The molecule has 1 N–H and O–H groups in total. The molecule has 1 rings (SSSR count). The zero-order valence-electron chi connectivity index (χ0n) is 22.4. The van der Waals surface area contributed by atoms with Gasteiger partial charge in [-0.25, -0.2) is 4.79 Å². The molecule has 8 atom stereocenters. The van der Waals surface area contributed by atoms with Crippen molar-refractivity contribution in [1.29, 1.82) is 0 Å². The molecule has 206 valence electrons. The molecule has 0 aromatic carbocycles. The molecule has 0 radical (unpaired) electrons. The minimum atomic E-state index is -0.595. The van der Waals surface area contributed by atoms with E-state index in [2.05, 4.69) is 5.32 Å². The number of rotatable bonds is 17. The van der Waals surface area contributed by atoms with E-state index in [1.54, 1.807) is 35.5 Å². The maximum Gasteiger partial charge on any atom is 0.407 e. The lowest BCUT2D eigenvalue weighted by atomic mass is 9.94. The molecule has 1 aliphatic heterocycles. The molecule has 0 unspecified atom stereocenters. The fourth-order valence-electron chi connectivity index (χ4n) is 4.07. The SMILES string of the molecule is COC/C=C/COC[C@@H](OC)[C@@H](OC)[C@H](OC)[C@H](CNC(=O)O[C@H]1[C@H](OC)[C@@H](C)CO[C@@H]1C)OC. The summed E-state index contributed by atoms with van der Waals surface area (Å²) in [6, 6.07) is 0. The van der Waals surface area contributed by atoms with Crippen molar-refractivity contribution in [2.75, 3.05) is 75.6 Å². The molecule has 0 aromatic rings. The third kappa shape index (κ3) is 10.3. The van der Waals surface area contributed by atoms with E-state index >= 15 is 0 Å². The van der Waals surface area contributed by atoms with Crippen LogP contribution in [-0.2, 0) is 42.6 Å². The molecular weight excluding hydrogens is 462 g/mol. The van der Waals surface area contributed by atoms with Crippen molar-refractivity contribution >= 4 is 6.09 Å². The van der Waals surface area contributed by atoms with E-state index < -0.39 is 36.6 Å². The van der Waals surface area contributed by atoms with E-state index in [-0.39, 0.29) is 31.3 Å².